The third kappa shape index (κ3) is 32.6. The SMILES string of the molecule is CCCCCCCCCCCCCCCC(=O)OCC(COC(=O)CCCCCCCCCCCCCCC)OC(=O)CC(C)CCCCCCC(=O)Oc1c(C)cc(COc2c(C/C=C(\C)CCC(=O)OC)c(OC)c(C)c3c2C(=O)OC3)cc1C. The molecular formula is C73H116O14. The minimum absolute atomic E-state index is 0.0366. The van der Waals surface area contributed by atoms with Gasteiger partial charge in [-0.25, -0.2) is 4.79 Å². The molecule has 0 amide bonds. The van der Waals surface area contributed by atoms with E-state index < -0.39 is 18.0 Å². The normalized spacial score (nSPS) is 12.4. The number of hydrogen-bond donors (Lipinski definition) is 0. The summed E-state index contributed by atoms with van der Waals surface area (Å²) in [4.78, 5) is 76.9. The molecular weight excluding hydrogens is 1100 g/mol. The standard InChI is InChI=1S/C73H116O14/c1-10-12-14-16-18-20-22-24-26-28-30-32-37-41-65(75)82-52-61(53-83-66(76)42-38-33-31-29-27-25-23-21-19-17-15-13-11-2)86-68(78)48-56(4)40-36-34-35-39-43-67(77)87-70-57(5)49-60(50-58(70)6)51-84-72-62(46-44-55(3)45-47-64(74)80-8)71(81-9)59(7)63-54-85-73(79)69(63)72/h44,49-50,56,61H,10-43,45-48,51-54H2,1-9H3/b55-44+. The summed E-state index contributed by atoms with van der Waals surface area (Å²) >= 11 is 0. The highest BCUT2D eigenvalue weighted by molar-refractivity contribution is 5.98. The van der Waals surface area contributed by atoms with Crippen molar-refractivity contribution >= 4 is 35.8 Å². The molecule has 87 heavy (non-hydrogen) atoms. The Morgan fingerprint density at radius 2 is 1.01 bits per heavy atom. The van der Waals surface area contributed by atoms with Crippen molar-refractivity contribution in [2.75, 3.05) is 27.4 Å². The summed E-state index contributed by atoms with van der Waals surface area (Å²) in [6.45, 7) is 14.1. The molecule has 0 N–H and O–H groups in total. The maximum atomic E-state index is 13.3. The van der Waals surface area contributed by atoms with Crippen molar-refractivity contribution in [3.63, 3.8) is 0 Å². The molecule has 1 unspecified atom stereocenters. The summed E-state index contributed by atoms with van der Waals surface area (Å²) in [5, 5.41) is 0. The molecule has 0 spiro atoms. The van der Waals surface area contributed by atoms with Gasteiger partial charge in [-0.1, -0.05) is 212 Å². The zero-order valence-corrected chi connectivity index (χ0v) is 55.8. The molecule has 3 rings (SSSR count). The van der Waals surface area contributed by atoms with Gasteiger partial charge in [0.2, 0.25) is 0 Å². The van der Waals surface area contributed by atoms with Crippen LogP contribution in [0.25, 0.3) is 0 Å². The number of esters is 6. The molecule has 0 radical (unpaired) electrons. The molecule has 14 heteroatoms. The number of allylic oxidation sites excluding steroid dienone is 2. The van der Waals surface area contributed by atoms with Gasteiger partial charge in [0.1, 0.15) is 49.2 Å². The van der Waals surface area contributed by atoms with Crippen LogP contribution in [0.2, 0.25) is 0 Å². The van der Waals surface area contributed by atoms with E-state index in [9.17, 15) is 28.8 Å². The predicted molar refractivity (Wildman–Crippen MR) is 345 cm³/mol. The highest BCUT2D eigenvalue weighted by Crippen LogP contribution is 2.43. The molecule has 0 fully saturated rings. The first-order chi connectivity index (χ1) is 42.1. The minimum Gasteiger partial charge on any atom is -0.496 e. The molecule has 2 aromatic rings. The van der Waals surface area contributed by atoms with Gasteiger partial charge in [0.05, 0.1) is 14.2 Å². The van der Waals surface area contributed by atoms with Crippen LogP contribution >= 0.6 is 0 Å². The summed E-state index contributed by atoms with van der Waals surface area (Å²) < 4.78 is 45.6. The number of carbonyl (C=O) groups excluding carboxylic acids is 6. The fraction of sp³-hybridized carbons (Fsp3) is 0.726. The van der Waals surface area contributed by atoms with E-state index >= 15 is 0 Å². The quantitative estimate of drug-likeness (QED) is 0.0201. The Balaban J connectivity index is 1.43. The largest absolute Gasteiger partial charge is 0.496 e. The topological polar surface area (TPSA) is 176 Å². The minimum atomic E-state index is -0.876. The summed E-state index contributed by atoms with van der Waals surface area (Å²) in [5.41, 5.74) is 6.01. The molecule has 0 bridgehead atoms. The highest BCUT2D eigenvalue weighted by atomic mass is 16.6. The highest BCUT2D eigenvalue weighted by Gasteiger charge is 2.33. The van der Waals surface area contributed by atoms with Crippen molar-refractivity contribution in [1.29, 1.82) is 0 Å². The zero-order valence-electron chi connectivity index (χ0n) is 55.8. The van der Waals surface area contributed by atoms with E-state index in [1.165, 1.54) is 136 Å². The summed E-state index contributed by atoms with van der Waals surface area (Å²) in [6, 6.07) is 3.83. The second-order valence-electron chi connectivity index (χ2n) is 24.8. The monoisotopic (exact) mass is 1220 g/mol. The van der Waals surface area contributed by atoms with Crippen LogP contribution in [-0.4, -0.2) is 69.4 Å². The Bertz CT molecular complexity index is 2280. The van der Waals surface area contributed by atoms with Crippen molar-refractivity contribution in [2.24, 2.45) is 5.92 Å². The van der Waals surface area contributed by atoms with Crippen LogP contribution in [0.3, 0.4) is 0 Å². The molecule has 14 nitrogen and oxygen atoms in total. The van der Waals surface area contributed by atoms with E-state index in [1.54, 1.807) is 7.11 Å². The number of carbonyl (C=O) groups is 6. The lowest BCUT2D eigenvalue weighted by Gasteiger charge is -2.20. The molecule has 0 saturated carbocycles. The number of unbranched alkanes of at least 4 members (excludes halogenated alkanes) is 27. The van der Waals surface area contributed by atoms with Crippen LogP contribution in [0.15, 0.2) is 23.8 Å². The van der Waals surface area contributed by atoms with Gasteiger partial charge in [-0.2, -0.15) is 0 Å². The first-order valence-electron chi connectivity index (χ1n) is 34.2. The summed E-state index contributed by atoms with van der Waals surface area (Å²) in [5.74, 6) is -0.572. The molecule has 1 heterocycles. The van der Waals surface area contributed by atoms with E-state index in [0.29, 0.717) is 60.5 Å². The van der Waals surface area contributed by atoms with E-state index in [1.807, 2.05) is 52.8 Å². The molecule has 0 saturated heterocycles. The van der Waals surface area contributed by atoms with E-state index in [0.717, 1.165) is 97.6 Å². The fourth-order valence-corrected chi connectivity index (χ4v) is 11.5. The Labute approximate surface area is 525 Å². The Morgan fingerprint density at radius 3 is 1.48 bits per heavy atom. The van der Waals surface area contributed by atoms with Crippen molar-refractivity contribution in [2.45, 2.75) is 312 Å². The zero-order chi connectivity index (χ0) is 63.4. The number of benzene rings is 2. The smallest absolute Gasteiger partial charge is 0.342 e. The van der Waals surface area contributed by atoms with Gasteiger partial charge in [0.25, 0.3) is 0 Å². The third-order valence-corrected chi connectivity index (χ3v) is 16.8. The van der Waals surface area contributed by atoms with Gasteiger partial charge in [-0.15, -0.1) is 0 Å². The number of fused-ring (bicyclic) bond motifs is 1. The van der Waals surface area contributed by atoms with E-state index in [-0.39, 0.29) is 75.5 Å². The second-order valence-corrected chi connectivity index (χ2v) is 24.8. The van der Waals surface area contributed by atoms with Crippen molar-refractivity contribution in [1.82, 2.24) is 0 Å². The fourth-order valence-electron chi connectivity index (χ4n) is 11.5. The van der Waals surface area contributed by atoms with Crippen LogP contribution in [0.4, 0.5) is 0 Å². The first kappa shape index (κ1) is 75.8. The second kappa shape index (κ2) is 46.7. The lowest BCUT2D eigenvalue weighted by Crippen LogP contribution is -2.31. The van der Waals surface area contributed by atoms with E-state index in [2.05, 4.69) is 13.8 Å². The molecule has 0 aromatic heterocycles. The van der Waals surface area contributed by atoms with Gasteiger partial charge in [-0.3, -0.25) is 24.0 Å². The number of methoxy groups -OCH3 is 2. The Kier molecular flexibility index (Phi) is 40.7. The van der Waals surface area contributed by atoms with Crippen LogP contribution in [-0.2, 0) is 67.3 Å². The van der Waals surface area contributed by atoms with Gasteiger partial charge in [-0.05, 0) is 100 Å². The predicted octanol–water partition coefficient (Wildman–Crippen LogP) is 18.5. The van der Waals surface area contributed by atoms with Crippen molar-refractivity contribution < 1.29 is 66.7 Å². The molecule has 2 aromatic carbocycles. The number of aryl methyl sites for hydroxylation is 2. The molecule has 492 valence electrons. The average Bonchev–Trinajstić information content (AvgIpc) is 2.03. The van der Waals surface area contributed by atoms with Crippen LogP contribution < -0.4 is 14.2 Å². The van der Waals surface area contributed by atoms with Gasteiger partial charge >= 0.3 is 35.8 Å². The van der Waals surface area contributed by atoms with Gasteiger partial charge < -0.3 is 37.9 Å². The Hall–Kier alpha value is -5.40. The first-order valence-corrected chi connectivity index (χ1v) is 34.2. The number of rotatable bonds is 52. The summed E-state index contributed by atoms with van der Waals surface area (Å²) in [6.07, 6.45) is 39.1. The van der Waals surface area contributed by atoms with Crippen LogP contribution in [0.1, 0.15) is 309 Å². The third-order valence-electron chi connectivity index (χ3n) is 16.8. The number of ether oxygens (including phenoxy) is 8. The molecule has 1 aliphatic heterocycles. The maximum Gasteiger partial charge on any atom is 0.342 e. The number of cyclic esters (lactones) is 1. The van der Waals surface area contributed by atoms with Crippen molar-refractivity contribution in [3.05, 3.63) is 62.7 Å². The van der Waals surface area contributed by atoms with E-state index in [4.69, 9.17) is 37.9 Å². The average molecular weight is 1220 g/mol. The van der Waals surface area contributed by atoms with Crippen molar-refractivity contribution in [3.8, 4) is 17.2 Å². The van der Waals surface area contributed by atoms with Gasteiger partial charge in [0, 0.05) is 43.2 Å². The van der Waals surface area contributed by atoms with Crippen LogP contribution in [0, 0.1) is 26.7 Å². The van der Waals surface area contributed by atoms with Crippen LogP contribution in [0.5, 0.6) is 17.2 Å². The molecule has 0 aliphatic carbocycles. The lowest BCUT2D eigenvalue weighted by atomic mass is 9.94. The maximum absolute atomic E-state index is 13.3. The summed E-state index contributed by atoms with van der Waals surface area (Å²) in [7, 11) is 2.96. The molecule has 1 aliphatic rings. The molecule has 1 atom stereocenters. The number of hydrogen-bond acceptors (Lipinski definition) is 14. The Morgan fingerprint density at radius 1 is 0.552 bits per heavy atom. The van der Waals surface area contributed by atoms with Gasteiger partial charge in [0.15, 0.2) is 6.10 Å². The lowest BCUT2D eigenvalue weighted by molar-refractivity contribution is -0.167.